The Morgan fingerprint density at radius 2 is 1.30 bits per heavy atom. The molecular formula is C6H2S2Y2-2. The SMILES string of the molecule is [Y].[Y].[c-]1cc2s[c-]cc2s1. The van der Waals surface area contributed by atoms with Crippen LogP contribution >= 0.6 is 22.7 Å². The molecule has 2 aromatic rings. The third-order valence-electron chi connectivity index (χ3n) is 0.961. The van der Waals surface area contributed by atoms with Crippen molar-refractivity contribution in [2.45, 2.75) is 0 Å². The van der Waals surface area contributed by atoms with Gasteiger partial charge in [0, 0.05) is 65.4 Å². The second-order valence-electron chi connectivity index (χ2n) is 1.46. The van der Waals surface area contributed by atoms with Crippen molar-refractivity contribution in [3.8, 4) is 0 Å². The summed E-state index contributed by atoms with van der Waals surface area (Å²) in [5.74, 6) is 0. The molecule has 0 fully saturated rings. The molecule has 0 saturated heterocycles. The Morgan fingerprint density at radius 3 is 1.70 bits per heavy atom. The Hall–Kier alpha value is 1.87. The van der Waals surface area contributed by atoms with Crippen LogP contribution in [0.25, 0.3) is 9.40 Å². The Morgan fingerprint density at radius 1 is 0.900 bits per heavy atom. The zero-order valence-corrected chi connectivity index (χ0v) is 12.4. The fraction of sp³-hybridized carbons (Fsp3) is 0. The maximum absolute atomic E-state index is 3.05. The monoisotopic (exact) mass is 316 g/mol. The van der Waals surface area contributed by atoms with Crippen LogP contribution in [-0.4, -0.2) is 0 Å². The quantitative estimate of drug-likeness (QED) is 0.656. The summed E-state index contributed by atoms with van der Waals surface area (Å²) in [6.07, 6.45) is 0. The van der Waals surface area contributed by atoms with E-state index in [4.69, 9.17) is 0 Å². The van der Waals surface area contributed by atoms with Gasteiger partial charge >= 0.3 is 0 Å². The molecule has 0 aliphatic carbocycles. The fourth-order valence-electron chi connectivity index (χ4n) is 0.595. The minimum Gasteiger partial charge on any atom is -0.296 e. The summed E-state index contributed by atoms with van der Waals surface area (Å²) in [6.45, 7) is 0. The molecule has 10 heavy (non-hydrogen) atoms. The largest absolute Gasteiger partial charge is 0.296 e. The number of fused-ring (bicyclic) bond motifs is 1. The van der Waals surface area contributed by atoms with Crippen LogP contribution in [0.5, 0.6) is 0 Å². The van der Waals surface area contributed by atoms with E-state index >= 15 is 0 Å². The van der Waals surface area contributed by atoms with Crippen LogP contribution < -0.4 is 0 Å². The molecule has 0 aromatic carbocycles. The third-order valence-corrected chi connectivity index (χ3v) is 2.68. The Labute approximate surface area is 118 Å². The maximum Gasteiger partial charge on any atom is 0 e. The van der Waals surface area contributed by atoms with Gasteiger partial charge in [-0.3, -0.25) is 22.7 Å². The van der Waals surface area contributed by atoms with Gasteiger partial charge in [-0.15, -0.1) is 20.2 Å². The molecule has 0 aliphatic heterocycles. The molecule has 46 valence electrons. The molecule has 0 aliphatic rings. The first kappa shape index (κ1) is 11.9. The van der Waals surface area contributed by atoms with Gasteiger partial charge < -0.3 is 0 Å². The molecule has 0 nitrogen and oxygen atoms in total. The molecule has 0 bridgehead atoms. The van der Waals surface area contributed by atoms with Crippen LogP contribution in [0.1, 0.15) is 0 Å². The van der Waals surface area contributed by atoms with Gasteiger partial charge in [-0.1, -0.05) is 0 Å². The van der Waals surface area contributed by atoms with Crippen molar-refractivity contribution < 1.29 is 65.4 Å². The van der Waals surface area contributed by atoms with Gasteiger partial charge in [-0.05, 0) is 0 Å². The fourth-order valence-corrected chi connectivity index (χ4v) is 2.16. The van der Waals surface area contributed by atoms with Crippen LogP contribution in [-0.2, 0) is 65.4 Å². The van der Waals surface area contributed by atoms with Crippen LogP contribution in [0.3, 0.4) is 0 Å². The van der Waals surface area contributed by atoms with Gasteiger partial charge in [0.15, 0.2) is 0 Å². The summed E-state index contributed by atoms with van der Waals surface area (Å²) in [7, 11) is 0. The molecule has 2 radical (unpaired) electrons. The zero-order chi connectivity index (χ0) is 5.40. The van der Waals surface area contributed by atoms with Crippen LogP contribution in [0, 0.1) is 10.8 Å². The van der Waals surface area contributed by atoms with Gasteiger partial charge in [0.2, 0.25) is 0 Å². The van der Waals surface area contributed by atoms with E-state index in [9.17, 15) is 0 Å². The van der Waals surface area contributed by atoms with Crippen molar-refractivity contribution in [2.75, 3.05) is 0 Å². The van der Waals surface area contributed by atoms with Crippen molar-refractivity contribution in [2.24, 2.45) is 0 Å². The van der Waals surface area contributed by atoms with Crippen LogP contribution in [0.2, 0.25) is 0 Å². The molecule has 2 rings (SSSR count). The van der Waals surface area contributed by atoms with Crippen molar-refractivity contribution >= 4 is 32.1 Å². The number of rotatable bonds is 0. The molecule has 0 saturated carbocycles. The smallest absolute Gasteiger partial charge is 0 e. The maximum atomic E-state index is 3.05. The van der Waals surface area contributed by atoms with Crippen LogP contribution in [0.4, 0.5) is 0 Å². The molecule has 0 amide bonds. The van der Waals surface area contributed by atoms with Gasteiger partial charge in [0.1, 0.15) is 0 Å². The minimum atomic E-state index is 0. The molecular weight excluding hydrogens is 314 g/mol. The number of thiophene rings is 2. The van der Waals surface area contributed by atoms with Gasteiger partial charge in [0.25, 0.3) is 0 Å². The van der Waals surface area contributed by atoms with E-state index in [1.54, 1.807) is 22.7 Å². The van der Waals surface area contributed by atoms with E-state index in [-0.39, 0.29) is 65.4 Å². The van der Waals surface area contributed by atoms with Crippen molar-refractivity contribution in [1.82, 2.24) is 0 Å². The van der Waals surface area contributed by atoms with Crippen molar-refractivity contribution in [3.05, 3.63) is 22.9 Å². The van der Waals surface area contributed by atoms with E-state index in [0.29, 0.717) is 0 Å². The standard InChI is InChI=1S/C6H2S2.2Y/c1-3-7-6-2-4-8-5(1)6;;/h1-2H;;/q-2;;. The predicted octanol–water partition coefficient (Wildman–Crippen LogP) is 2.56. The average molecular weight is 316 g/mol. The van der Waals surface area contributed by atoms with E-state index in [1.807, 2.05) is 12.1 Å². The normalized spacial score (nSPS) is 8.40. The summed E-state index contributed by atoms with van der Waals surface area (Å²) < 4.78 is 2.60. The molecule has 2 heterocycles. The van der Waals surface area contributed by atoms with Crippen LogP contribution in [0.15, 0.2) is 12.1 Å². The molecule has 4 heteroatoms. The van der Waals surface area contributed by atoms with E-state index in [0.717, 1.165) is 0 Å². The zero-order valence-electron chi connectivity index (χ0n) is 5.13. The second kappa shape index (κ2) is 5.50. The summed E-state index contributed by atoms with van der Waals surface area (Å²) in [5.41, 5.74) is 0. The number of hydrogen-bond acceptors (Lipinski definition) is 2. The first-order valence-corrected chi connectivity index (χ1v) is 3.85. The molecule has 0 N–H and O–H groups in total. The first-order chi connectivity index (χ1) is 3.97. The number of hydrogen-bond donors (Lipinski definition) is 0. The molecule has 0 atom stereocenters. The third kappa shape index (κ3) is 2.43. The van der Waals surface area contributed by atoms with Gasteiger partial charge in [-0.2, -0.15) is 12.1 Å². The van der Waals surface area contributed by atoms with Crippen molar-refractivity contribution in [3.63, 3.8) is 0 Å². The molecule has 0 unspecified atom stereocenters. The van der Waals surface area contributed by atoms with E-state index in [2.05, 4.69) is 10.8 Å². The molecule has 2 aromatic heterocycles. The molecule has 0 spiro atoms. The van der Waals surface area contributed by atoms with E-state index < -0.39 is 0 Å². The van der Waals surface area contributed by atoms with E-state index in [1.165, 1.54) is 9.40 Å². The van der Waals surface area contributed by atoms with Gasteiger partial charge in [-0.25, -0.2) is 0 Å². The summed E-state index contributed by atoms with van der Waals surface area (Å²) in [6, 6.07) is 4.00. The minimum absolute atomic E-state index is 0. The summed E-state index contributed by atoms with van der Waals surface area (Å²) in [4.78, 5) is 0. The summed E-state index contributed by atoms with van der Waals surface area (Å²) >= 11 is 3.30. The Kier molecular flexibility index (Phi) is 6.53. The van der Waals surface area contributed by atoms with Crippen molar-refractivity contribution in [1.29, 1.82) is 0 Å². The Balaban J connectivity index is 0.000000405. The first-order valence-electron chi connectivity index (χ1n) is 2.22. The predicted molar refractivity (Wildman–Crippen MR) is 37.4 cm³/mol. The van der Waals surface area contributed by atoms with Gasteiger partial charge in [0.05, 0.1) is 0 Å². The summed E-state index contributed by atoms with van der Waals surface area (Å²) in [5, 5.41) is 6.10. The Bertz CT molecular complexity index is 235. The average Bonchev–Trinajstić information content (AvgIpc) is 2.15. The topological polar surface area (TPSA) is 0 Å². The second-order valence-corrected chi connectivity index (χ2v) is 3.22.